The highest BCUT2D eigenvalue weighted by Gasteiger charge is 2.12. The fourth-order valence-electron chi connectivity index (χ4n) is 1.12. The Hall–Kier alpha value is -2.08. The largest absolute Gasteiger partial charge is 0.452 e. The van der Waals surface area contributed by atoms with Crippen molar-refractivity contribution >= 4 is 29.6 Å². The number of imide groups is 1. The molecule has 1 aromatic carbocycles. The molecule has 0 saturated heterocycles. The van der Waals surface area contributed by atoms with E-state index in [-0.39, 0.29) is 12.2 Å². The number of carbonyl (C=O) groups is 3. The van der Waals surface area contributed by atoms with Gasteiger partial charge in [0.25, 0.3) is 5.91 Å². The van der Waals surface area contributed by atoms with Crippen LogP contribution in [0.1, 0.15) is 17.3 Å². The predicted molar refractivity (Wildman–Crippen MR) is 66.9 cm³/mol. The molecule has 0 radical (unpaired) electrons. The Labute approximate surface area is 114 Å². The number of carbonyl (C=O) groups excluding carboxylic acids is 3. The fraction of sp³-hybridized carbons (Fsp3) is 0.250. The third-order valence-electron chi connectivity index (χ3n) is 1.93. The van der Waals surface area contributed by atoms with Crippen LogP contribution in [0.4, 0.5) is 4.79 Å². The van der Waals surface area contributed by atoms with E-state index in [0.717, 1.165) is 0 Å². The SMILES string of the molecule is CCOC(=O)NC(=O)COC(=O)c1ccc(Cl)cc1. The van der Waals surface area contributed by atoms with Crippen LogP contribution in [0.15, 0.2) is 24.3 Å². The second-order valence-corrected chi connectivity index (χ2v) is 3.79. The molecule has 0 spiro atoms. The van der Waals surface area contributed by atoms with E-state index in [4.69, 9.17) is 16.3 Å². The topological polar surface area (TPSA) is 81.7 Å². The van der Waals surface area contributed by atoms with Crippen LogP contribution in [-0.2, 0) is 14.3 Å². The molecule has 1 rings (SSSR count). The number of esters is 1. The van der Waals surface area contributed by atoms with Crippen molar-refractivity contribution < 1.29 is 23.9 Å². The molecule has 19 heavy (non-hydrogen) atoms. The van der Waals surface area contributed by atoms with Crippen LogP contribution in [0.5, 0.6) is 0 Å². The number of hydrogen-bond acceptors (Lipinski definition) is 5. The summed E-state index contributed by atoms with van der Waals surface area (Å²) in [5, 5.41) is 2.38. The van der Waals surface area contributed by atoms with Crippen molar-refractivity contribution in [1.29, 1.82) is 0 Å². The zero-order valence-corrected chi connectivity index (χ0v) is 10.9. The third kappa shape index (κ3) is 5.39. The lowest BCUT2D eigenvalue weighted by molar-refractivity contribution is -0.123. The number of halogens is 1. The summed E-state index contributed by atoms with van der Waals surface area (Å²) in [6.07, 6.45) is -0.880. The van der Waals surface area contributed by atoms with Crippen molar-refractivity contribution in [3.8, 4) is 0 Å². The van der Waals surface area contributed by atoms with Gasteiger partial charge in [0.05, 0.1) is 12.2 Å². The third-order valence-corrected chi connectivity index (χ3v) is 2.18. The van der Waals surface area contributed by atoms with Crippen molar-refractivity contribution in [3.63, 3.8) is 0 Å². The smallest absolute Gasteiger partial charge is 0.413 e. The quantitative estimate of drug-likeness (QED) is 0.853. The fourth-order valence-corrected chi connectivity index (χ4v) is 1.24. The van der Waals surface area contributed by atoms with Crippen LogP contribution >= 0.6 is 11.6 Å². The van der Waals surface area contributed by atoms with E-state index in [1.165, 1.54) is 24.3 Å². The van der Waals surface area contributed by atoms with Crippen molar-refractivity contribution in [2.75, 3.05) is 13.2 Å². The Morgan fingerprint density at radius 3 is 2.37 bits per heavy atom. The minimum absolute atomic E-state index is 0.143. The van der Waals surface area contributed by atoms with Crippen LogP contribution in [0.2, 0.25) is 5.02 Å². The molecule has 6 nitrogen and oxygen atoms in total. The molecule has 0 atom stereocenters. The van der Waals surface area contributed by atoms with Gasteiger partial charge in [-0.05, 0) is 31.2 Å². The summed E-state index contributed by atoms with van der Waals surface area (Å²) >= 11 is 5.66. The second-order valence-electron chi connectivity index (χ2n) is 3.35. The van der Waals surface area contributed by atoms with Gasteiger partial charge in [-0.15, -0.1) is 0 Å². The Kier molecular flexibility index (Phi) is 5.81. The molecule has 0 fully saturated rings. The summed E-state index contributed by atoms with van der Waals surface area (Å²) in [6, 6.07) is 5.98. The minimum atomic E-state index is -0.880. The summed E-state index contributed by atoms with van der Waals surface area (Å²) in [5.74, 6) is -1.45. The summed E-state index contributed by atoms with van der Waals surface area (Å²) < 4.78 is 9.20. The maximum Gasteiger partial charge on any atom is 0.413 e. The van der Waals surface area contributed by atoms with Gasteiger partial charge < -0.3 is 9.47 Å². The number of hydrogen-bond donors (Lipinski definition) is 1. The van der Waals surface area contributed by atoms with Gasteiger partial charge in [-0.2, -0.15) is 0 Å². The van der Waals surface area contributed by atoms with E-state index in [0.29, 0.717) is 5.02 Å². The summed E-state index contributed by atoms with van der Waals surface area (Å²) in [6.45, 7) is 1.18. The minimum Gasteiger partial charge on any atom is -0.452 e. The molecule has 0 heterocycles. The average Bonchev–Trinajstić information content (AvgIpc) is 2.37. The van der Waals surface area contributed by atoms with Crippen molar-refractivity contribution in [1.82, 2.24) is 5.32 Å². The standard InChI is InChI=1S/C12H12ClNO5/c1-2-18-12(17)14-10(15)7-19-11(16)8-3-5-9(13)6-4-8/h3-6H,2,7H2,1H3,(H,14,15,17). The van der Waals surface area contributed by atoms with Crippen LogP contribution < -0.4 is 5.32 Å². The first-order chi connectivity index (χ1) is 9.02. The number of rotatable bonds is 4. The first-order valence-electron chi connectivity index (χ1n) is 5.42. The molecule has 0 aliphatic heterocycles. The first-order valence-corrected chi connectivity index (χ1v) is 5.80. The summed E-state index contributed by atoms with van der Waals surface area (Å²) in [7, 11) is 0. The van der Waals surface area contributed by atoms with E-state index >= 15 is 0 Å². The van der Waals surface area contributed by atoms with Gasteiger partial charge in [-0.3, -0.25) is 10.1 Å². The molecule has 0 bridgehead atoms. The average molecular weight is 286 g/mol. The van der Waals surface area contributed by atoms with Gasteiger partial charge in [0.2, 0.25) is 0 Å². The highest BCUT2D eigenvalue weighted by atomic mass is 35.5. The van der Waals surface area contributed by atoms with Crippen LogP contribution in [0.3, 0.4) is 0 Å². The van der Waals surface area contributed by atoms with E-state index in [9.17, 15) is 14.4 Å². The molecule has 0 aliphatic rings. The Morgan fingerprint density at radius 2 is 1.79 bits per heavy atom. The van der Waals surface area contributed by atoms with E-state index < -0.39 is 24.6 Å². The van der Waals surface area contributed by atoms with Gasteiger partial charge in [0.1, 0.15) is 0 Å². The lowest BCUT2D eigenvalue weighted by Gasteiger charge is -2.05. The van der Waals surface area contributed by atoms with Gasteiger partial charge >= 0.3 is 12.1 Å². The van der Waals surface area contributed by atoms with E-state index in [1.54, 1.807) is 6.92 Å². The van der Waals surface area contributed by atoms with Crippen LogP contribution in [0, 0.1) is 0 Å². The molecular weight excluding hydrogens is 274 g/mol. The first kappa shape index (κ1) is 15.0. The molecule has 2 amide bonds. The number of nitrogens with one attached hydrogen (secondary N) is 1. The highest BCUT2D eigenvalue weighted by Crippen LogP contribution is 2.10. The predicted octanol–water partition coefficient (Wildman–Crippen LogP) is 1.77. The van der Waals surface area contributed by atoms with Crippen molar-refractivity contribution in [3.05, 3.63) is 34.9 Å². The van der Waals surface area contributed by atoms with E-state index in [2.05, 4.69) is 4.74 Å². The summed E-state index contributed by atoms with van der Waals surface area (Å²) in [5.41, 5.74) is 0.258. The molecule has 0 saturated carbocycles. The van der Waals surface area contributed by atoms with Crippen molar-refractivity contribution in [2.24, 2.45) is 0 Å². The zero-order chi connectivity index (χ0) is 14.3. The van der Waals surface area contributed by atoms with Gasteiger partial charge in [-0.1, -0.05) is 11.6 Å². The molecule has 102 valence electrons. The molecule has 1 aromatic rings. The van der Waals surface area contributed by atoms with E-state index in [1.807, 2.05) is 5.32 Å². The lowest BCUT2D eigenvalue weighted by atomic mass is 10.2. The zero-order valence-electron chi connectivity index (χ0n) is 10.1. The Bertz CT molecular complexity index is 472. The number of ether oxygens (including phenoxy) is 2. The van der Waals surface area contributed by atoms with Gasteiger partial charge in [0, 0.05) is 5.02 Å². The van der Waals surface area contributed by atoms with Crippen LogP contribution in [-0.4, -0.2) is 31.2 Å². The van der Waals surface area contributed by atoms with Gasteiger partial charge in [-0.25, -0.2) is 9.59 Å². The lowest BCUT2D eigenvalue weighted by Crippen LogP contribution is -2.34. The highest BCUT2D eigenvalue weighted by molar-refractivity contribution is 6.30. The molecule has 0 unspecified atom stereocenters. The maximum atomic E-state index is 11.5. The molecule has 0 aliphatic carbocycles. The number of alkyl carbamates (subject to hydrolysis) is 1. The second kappa shape index (κ2) is 7.38. The Morgan fingerprint density at radius 1 is 1.16 bits per heavy atom. The molecule has 1 N–H and O–H groups in total. The summed E-state index contributed by atoms with van der Waals surface area (Å²) in [4.78, 5) is 33.6. The van der Waals surface area contributed by atoms with Gasteiger partial charge in [0.15, 0.2) is 6.61 Å². The maximum absolute atomic E-state index is 11.5. The number of amides is 2. The normalized spacial score (nSPS) is 9.58. The van der Waals surface area contributed by atoms with Crippen LogP contribution in [0.25, 0.3) is 0 Å². The monoisotopic (exact) mass is 285 g/mol. The molecule has 7 heteroatoms. The Balaban J connectivity index is 2.40. The number of benzene rings is 1. The molecular formula is C12H12ClNO5. The van der Waals surface area contributed by atoms with Crippen molar-refractivity contribution in [2.45, 2.75) is 6.92 Å². The molecule has 0 aromatic heterocycles.